The zero-order valence-electron chi connectivity index (χ0n) is 13.5. The minimum absolute atomic E-state index is 0. The van der Waals surface area contributed by atoms with Gasteiger partial charge >= 0.3 is 0 Å². The first kappa shape index (κ1) is 18.3. The van der Waals surface area contributed by atoms with Crippen molar-refractivity contribution in [2.75, 3.05) is 14.2 Å². The van der Waals surface area contributed by atoms with Gasteiger partial charge in [0.05, 0.1) is 31.0 Å². The van der Waals surface area contributed by atoms with Crippen molar-refractivity contribution in [1.29, 1.82) is 0 Å². The number of ether oxygens (including phenoxy) is 2. The van der Waals surface area contributed by atoms with Crippen LogP contribution >= 0.6 is 23.7 Å². The van der Waals surface area contributed by atoms with Gasteiger partial charge in [-0.15, -0.1) is 23.7 Å². The predicted octanol–water partition coefficient (Wildman–Crippen LogP) is 3.87. The van der Waals surface area contributed by atoms with E-state index in [0.29, 0.717) is 0 Å². The Hall–Kier alpha value is -2.02. The quantitative estimate of drug-likeness (QED) is 0.667. The number of thiophene rings is 1. The number of hydrogen-bond acceptors (Lipinski definition) is 5. The van der Waals surface area contributed by atoms with E-state index >= 15 is 0 Å². The summed E-state index contributed by atoms with van der Waals surface area (Å²) < 4.78 is 10.6. The Kier molecular flexibility index (Phi) is 6.66. The molecule has 0 unspecified atom stereocenters. The molecule has 0 aliphatic carbocycles. The molecular weight excluding hydrogens is 346 g/mol. The van der Waals surface area contributed by atoms with Crippen LogP contribution in [0.2, 0.25) is 0 Å². The van der Waals surface area contributed by atoms with E-state index in [9.17, 15) is 0 Å². The number of rotatable bonds is 7. The van der Waals surface area contributed by atoms with Crippen molar-refractivity contribution in [3.05, 3.63) is 53.0 Å². The fourth-order valence-electron chi connectivity index (χ4n) is 2.41. The average molecular weight is 366 g/mol. The number of aromatic amines is 1. The third kappa shape index (κ3) is 4.08. The van der Waals surface area contributed by atoms with Crippen molar-refractivity contribution < 1.29 is 9.47 Å². The van der Waals surface area contributed by atoms with E-state index in [-0.39, 0.29) is 12.4 Å². The van der Waals surface area contributed by atoms with Gasteiger partial charge in [0.2, 0.25) is 0 Å². The van der Waals surface area contributed by atoms with Crippen LogP contribution < -0.4 is 14.8 Å². The number of hydrogen-bond donors (Lipinski definition) is 2. The van der Waals surface area contributed by atoms with Gasteiger partial charge in [-0.05, 0) is 29.1 Å². The van der Waals surface area contributed by atoms with Gasteiger partial charge in [-0.25, -0.2) is 0 Å². The highest BCUT2D eigenvalue weighted by Gasteiger charge is 2.09. The van der Waals surface area contributed by atoms with Crippen molar-refractivity contribution in [3.63, 3.8) is 0 Å². The molecular formula is C17H20ClN3O2S. The Labute approximate surface area is 151 Å². The molecule has 0 amide bonds. The molecule has 0 spiro atoms. The van der Waals surface area contributed by atoms with Crippen molar-refractivity contribution in [1.82, 2.24) is 15.5 Å². The van der Waals surface area contributed by atoms with Gasteiger partial charge in [0.25, 0.3) is 0 Å². The van der Waals surface area contributed by atoms with Gasteiger partial charge in [-0.1, -0.05) is 12.1 Å². The lowest BCUT2D eigenvalue weighted by atomic mass is 10.2. The van der Waals surface area contributed by atoms with E-state index in [0.717, 1.165) is 41.4 Å². The van der Waals surface area contributed by atoms with Crippen molar-refractivity contribution in [3.8, 4) is 22.1 Å². The van der Waals surface area contributed by atoms with Crippen LogP contribution in [0.4, 0.5) is 0 Å². The molecule has 0 radical (unpaired) electrons. The number of aromatic nitrogens is 2. The van der Waals surface area contributed by atoms with Gasteiger partial charge < -0.3 is 14.8 Å². The highest BCUT2D eigenvalue weighted by atomic mass is 35.5. The smallest absolute Gasteiger partial charge is 0.161 e. The van der Waals surface area contributed by atoms with Crippen LogP contribution in [0, 0.1) is 0 Å². The molecule has 0 aliphatic rings. The number of halogens is 1. The molecule has 5 nitrogen and oxygen atoms in total. The summed E-state index contributed by atoms with van der Waals surface area (Å²) in [7, 11) is 3.29. The van der Waals surface area contributed by atoms with Crippen molar-refractivity contribution in [2.24, 2.45) is 0 Å². The van der Waals surface area contributed by atoms with Crippen molar-refractivity contribution in [2.45, 2.75) is 13.1 Å². The molecule has 0 saturated carbocycles. The Morgan fingerprint density at radius 1 is 1.12 bits per heavy atom. The zero-order valence-corrected chi connectivity index (χ0v) is 15.2. The summed E-state index contributed by atoms with van der Waals surface area (Å²) in [5, 5.41) is 12.7. The molecule has 1 aromatic carbocycles. The van der Waals surface area contributed by atoms with Crippen LogP contribution in [0.15, 0.2) is 41.9 Å². The van der Waals surface area contributed by atoms with E-state index in [4.69, 9.17) is 9.47 Å². The lowest BCUT2D eigenvalue weighted by Crippen LogP contribution is -2.13. The number of nitrogens with zero attached hydrogens (tertiary/aromatic N) is 1. The Morgan fingerprint density at radius 3 is 2.67 bits per heavy atom. The van der Waals surface area contributed by atoms with Crippen LogP contribution in [0.3, 0.4) is 0 Å². The molecule has 3 aromatic rings. The summed E-state index contributed by atoms with van der Waals surface area (Å²) in [6.45, 7) is 1.49. The largest absolute Gasteiger partial charge is 0.493 e. The Morgan fingerprint density at radius 2 is 1.96 bits per heavy atom. The Balaban J connectivity index is 0.00000208. The van der Waals surface area contributed by atoms with Gasteiger partial charge in [0.15, 0.2) is 11.5 Å². The van der Waals surface area contributed by atoms with E-state index in [2.05, 4.69) is 27.0 Å². The molecule has 2 aromatic heterocycles. The number of nitrogens with one attached hydrogen (secondary N) is 2. The SMILES string of the molecule is COc1ccc(CNCc2cn[nH]c2-c2cccs2)cc1OC.Cl. The summed E-state index contributed by atoms with van der Waals surface area (Å²) in [4.78, 5) is 1.20. The maximum Gasteiger partial charge on any atom is 0.161 e. The second kappa shape index (κ2) is 8.73. The fraction of sp³-hybridized carbons (Fsp3) is 0.235. The van der Waals surface area contributed by atoms with E-state index < -0.39 is 0 Å². The van der Waals surface area contributed by atoms with Gasteiger partial charge in [0.1, 0.15) is 0 Å². The molecule has 3 rings (SSSR count). The lowest BCUT2D eigenvalue weighted by Gasteiger charge is -2.10. The van der Waals surface area contributed by atoms with Gasteiger partial charge in [-0.3, -0.25) is 5.10 Å². The molecule has 0 fully saturated rings. The normalized spacial score (nSPS) is 10.2. The molecule has 0 saturated heterocycles. The molecule has 24 heavy (non-hydrogen) atoms. The van der Waals surface area contributed by atoms with Crippen LogP contribution in [0.1, 0.15) is 11.1 Å². The van der Waals surface area contributed by atoms with Crippen LogP contribution in [0.5, 0.6) is 11.5 Å². The van der Waals surface area contributed by atoms with E-state index in [1.807, 2.05) is 30.5 Å². The molecule has 0 aliphatic heterocycles. The average Bonchev–Trinajstić information content (AvgIpc) is 3.25. The number of benzene rings is 1. The maximum atomic E-state index is 5.33. The first-order valence-corrected chi connectivity index (χ1v) is 8.17. The zero-order chi connectivity index (χ0) is 16.1. The monoisotopic (exact) mass is 365 g/mol. The second-order valence-corrected chi connectivity index (χ2v) is 5.99. The lowest BCUT2D eigenvalue weighted by molar-refractivity contribution is 0.354. The predicted molar refractivity (Wildman–Crippen MR) is 99.2 cm³/mol. The highest BCUT2D eigenvalue weighted by Crippen LogP contribution is 2.28. The van der Waals surface area contributed by atoms with Crippen LogP contribution in [-0.2, 0) is 13.1 Å². The topological polar surface area (TPSA) is 59.2 Å². The second-order valence-electron chi connectivity index (χ2n) is 5.04. The summed E-state index contributed by atoms with van der Waals surface area (Å²) in [5.41, 5.74) is 3.39. The minimum Gasteiger partial charge on any atom is -0.493 e. The third-order valence-electron chi connectivity index (χ3n) is 3.58. The van der Waals surface area contributed by atoms with Crippen molar-refractivity contribution >= 4 is 23.7 Å². The van der Waals surface area contributed by atoms with E-state index in [1.165, 1.54) is 4.88 Å². The number of methoxy groups -OCH3 is 2. The van der Waals surface area contributed by atoms with Gasteiger partial charge in [0, 0.05) is 18.7 Å². The van der Waals surface area contributed by atoms with E-state index in [1.54, 1.807) is 25.6 Å². The highest BCUT2D eigenvalue weighted by molar-refractivity contribution is 7.13. The Bertz CT molecular complexity index is 759. The molecule has 128 valence electrons. The first-order valence-electron chi connectivity index (χ1n) is 7.29. The molecule has 0 atom stereocenters. The molecule has 2 heterocycles. The maximum absolute atomic E-state index is 5.33. The molecule has 0 bridgehead atoms. The molecule has 7 heteroatoms. The van der Waals surface area contributed by atoms with Crippen LogP contribution in [-0.4, -0.2) is 24.4 Å². The summed E-state index contributed by atoms with van der Waals surface area (Å²) in [6, 6.07) is 10.1. The minimum atomic E-state index is 0. The fourth-order valence-corrected chi connectivity index (χ4v) is 3.17. The summed E-state index contributed by atoms with van der Waals surface area (Å²) in [5.74, 6) is 1.49. The third-order valence-corrected chi connectivity index (χ3v) is 4.47. The summed E-state index contributed by atoms with van der Waals surface area (Å²) >= 11 is 1.70. The van der Waals surface area contributed by atoms with Gasteiger partial charge in [-0.2, -0.15) is 5.10 Å². The molecule has 2 N–H and O–H groups in total. The number of H-pyrrole nitrogens is 1. The van der Waals surface area contributed by atoms with Crippen LogP contribution in [0.25, 0.3) is 10.6 Å². The first-order chi connectivity index (χ1) is 11.3. The summed E-state index contributed by atoms with van der Waals surface area (Å²) in [6.07, 6.45) is 1.87. The standard InChI is InChI=1S/C17H19N3O2S.ClH/c1-21-14-6-5-12(8-15(14)22-2)9-18-10-13-11-19-20-17(13)16-4-3-7-23-16;/h3-8,11,18H,9-10H2,1-2H3,(H,19,20);1H.